The Kier molecular flexibility index (Phi) is 4.15. The molecule has 0 atom stereocenters. The summed E-state index contributed by atoms with van der Waals surface area (Å²) in [6.07, 6.45) is 0. The summed E-state index contributed by atoms with van der Waals surface area (Å²) in [6, 6.07) is 6.55. The van der Waals surface area contributed by atoms with Crippen molar-refractivity contribution in [1.29, 1.82) is 0 Å². The molecule has 0 spiro atoms. The Labute approximate surface area is 113 Å². The summed E-state index contributed by atoms with van der Waals surface area (Å²) in [5.41, 5.74) is 5.02. The van der Waals surface area contributed by atoms with Crippen molar-refractivity contribution in [1.82, 2.24) is 10.3 Å². The second-order valence-electron chi connectivity index (χ2n) is 4.63. The first-order valence-corrected chi connectivity index (χ1v) is 7.18. The zero-order valence-electron chi connectivity index (χ0n) is 11.5. The SMILES string of the molecule is CCNCc1sc(-c2ccc(C)cc2C)nc1C. The number of hydrogen-bond acceptors (Lipinski definition) is 3. The highest BCUT2D eigenvalue weighted by Crippen LogP contribution is 2.30. The molecule has 2 nitrogen and oxygen atoms in total. The van der Waals surface area contributed by atoms with Crippen molar-refractivity contribution in [2.75, 3.05) is 6.54 Å². The van der Waals surface area contributed by atoms with Crippen LogP contribution in [0.3, 0.4) is 0 Å². The maximum atomic E-state index is 4.70. The van der Waals surface area contributed by atoms with Crippen molar-refractivity contribution in [3.63, 3.8) is 0 Å². The van der Waals surface area contributed by atoms with E-state index in [4.69, 9.17) is 4.98 Å². The third kappa shape index (κ3) is 2.79. The number of hydrogen-bond donors (Lipinski definition) is 1. The summed E-state index contributed by atoms with van der Waals surface area (Å²) < 4.78 is 0. The highest BCUT2D eigenvalue weighted by Gasteiger charge is 2.10. The Bertz CT molecular complexity index is 543. The van der Waals surface area contributed by atoms with Crippen LogP contribution in [0.1, 0.15) is 28.6 Å². The van der Waals surface area contributed by atoms with E-state index < -0.39 is 0 Å². The van der Waals surface area contributed by atoms with Gasteiger partial charge in [-0.15, -0.1) is 11.3 Å². The van der Waals surface area contributed by atoms with Gasteiger partial charge in [0, 0.05) is 17.0 Å². The number of aryl methyl sites for hydroxylation is 3. The van der Waals surface area contributed by atoms with Crippen molar-refractivity contribution in [3.05, 3.63) is 39.9 Å². The summed E-state index contributed by atoms with van der Waals surface area (Å²) in [4.78, 5) is 6.04. The fraction of sp³-hybridized carbons (Fsp3) is 0.400. The molecule has 1 aromatic heterocycles. The van der Waals surface area contributed by atoms with Crippen LogP contribution in [0.4, 0.5) is 0 Å². The van der Waals surface area contributed by atoms with Crippen molar-refractivity contribution in [3.8, 4) is 10.6 Å². The van der Waals surface area contributed by atoms with Crippen LogP contribution in [-0.2, 0) is 6.54 Å². The van der Waals surface area contributed by atoms with Crippen molar-refractivity contribution < 1.29 is 0 Å². The molecule has 0 saturated heterocycles. The quantitative estimate of drug-likeness (QED) is 0.903. The number of benzene rings is 1. The first kappa shape index (κ1) is 13.2. The zero-order chi connectivity index (χ0) is 13.1. The minimum Gasteiger partial charge on any atom is -0.312 e. The molecule has 96 valence electrons. The fourth-order valence-electron chi connectivity index (χ4n) is 2.00. The summed E-state index contributed by atoms with van der Waals surface area (Å²) in [5, 5.41) is 4.50. The normalized spacial score (nSPS) is 10.9. The molecule has 3 heteroatoms. The van der Waals surface area contributed by atoms with Crippen LogP contribution in [-0.4, -0.2) is 11.5 Å². The Morgan fingerprint density at radius 2 is 2.00 bits per heavy atom. The van der Waals surface area contributed by atoms with Gasteiger partial charge in [0.1, 0.15) is 5.01 Å². The van der Waals surface area contributed by atoms with E-state index in [0.717, 1.165) is 23.8 Å². The summed E-state index contributed by atoms with van der Waals surface area (Å²) in [7, 11) is 0. The van der Waals surface area contributed by atoms with Crippen LogP contribution in [0.15, 0.2) is 18.2 Å². The lowest BCUT2D eigenvalue weighted by atomic mass is 10.1. The average Bonchev–Trinajstić information content (AvgIpc) is 2.68. The number of thiazole rings is 1. The van der Waals surface area contributed by atoms with Gasteiger partial charge in [-0.3, -0.25) is 0 Å². The summed E-state index contributed by atoms with van der Waals surface area (Å²) in [6.45, 7) is 10.4. The molecule has 1 heterocycles. The van der Waals surface area contributed by atoms with E-state index in [1.54, 1.807) is 11.3 Å². The van der Waals surface area contributed by atoms with Crippen LogP contribution in [0.2, 0.25) is 0 Å². The largest absolute Gasteiger partial charge is 0.312 e. The smallest absolute Gasteiger partial charge is 0.124 e. The van der Waals surface area contributed by atoms with E-state index in [0.29, 0.717) is 0 Å². The van der Waals surface area contributed by atoms with Gasteiger partial charge in [0.05, 0.1) is 5.69 Å². The van der Waals surface area contributed by atoms with Gasteiger partial charge < -0.3 is 5.32 Å². The van der Waals surface area contributed by atoms with Crippen molar-refractivity contribution in [2.45, 2.75) is 34.2 Å². The van der Waals surface area contributed by atoms with Gasteiger partial charge in [0.25, 0.3) is 0 Å². The van der Waals surface area contributed by atoms with E-state index in [-0.39, 0.29) is 0 Å². The predicted molar refractivity (Wildman–Crippen MR) is 79.1 cm³/mol. The minimum absolute atomic E-state index is 0.922. The van der Waals surface area contributed by atoms with Crippen molar-refractivity contribution in [2.24, 2.45) is 0 Å². The van der Waals surface area contributed by atoms with E-state index in [1.807, 2.05) is 0 Å². The van der Waals surface area contributed by atoms with E-state index >= 15 is 0 Å². The first-order chi connectivity index (χ1) is 8.61. The van der Waals surface area contributed by atoms with Gasteiger partial charge in [-0.25, -0.2) is 4.98 Å². The molecule has 0 bridgehead atoms. The molecular formula is C15H20N2S. The van der Waals surface area contributed by atoms with Gasteiger partial charge in [-0.05, 0) is 32.9 Å². The van der Waals surface area contributed by atoms with Gasteiger partial charge in [0.2, 0.25) is 0 Å². The summed E-state index contributed by atoms with van der Waals surface area (Å²) >= 11 is 1.80. The second-order valence-corrected chi connectivity index (χ2v) is 5.71. The van der Waals surface area contributed by atoms with Gasteiger partial charge in [-0.2, -0.15) is 0 Å². The molecular weight excluding hydrogens is 240 g/mol. The van der Waals surface area contributed by atoms with Gasteiger partial charge >= 0.3 is 0 Å². The molecule has 0 saturated carbocycles. The molecule has 0 amide bonds. The van der Waals surface area contributed by atoms with E-state index in [2.05, 4.69) is 51.2 Å². The minimum atomic E-state index is 0.922. The fourth-order valence-corrected chi connectivity index (χ4v) is 3.12. The highest BCUT2D eigenvalue weighted by molar-refractivity contribution is 7.15. The number of nitrogens with zero attached hydrogens (tertiary/aromatic N) is 1. The molecule has 18 heavy (non-hydrogen) atoms. The predicted octanol–water partition coefficient (Wildman–Crippen LogP) is 3.84. The Morgan fingerprint density at radius 3 is 2.67 bits per heavy atom. The van der Waals surface area contributed by atoms with E-state index in [1.165, 1.54) is 21.6 Å². The zero-order valence-corrected chi connectivity index (χ0v) is 12.3. The lowest BCUT2D eigenvalue weighted by molar-refractivity contribution is 0.731. The molecule has 0 aliphatic carbocycles. The average molecular weight is 260 g/mol. The highest BCUT2D eigenvalue weighted by atomic mass is 32.1. The van der Waals surface area contributed by atoms with Crippen LogP contribution in [0.25, 0.3) is 10.6 Å². The molecule has 0 radical (unpaired) electrons. The van der Waals surface area contributed by atoms with Crippen molar-refractivity contribution >= 4 is 11.3 Å². The molecule has 0 aliphatic heterocycles. The molecule has 2 rings (SSSR count). The first-order valence-electron chi connectivity index (χ1n) is 6.36. The van der Waals surface area contributed by atoms with Gasteiger partial charge in [0.15, 0.2) is 0 Å². The molecule has 0 unspecified atom stereocenters. The van der Waals surface area contributed by atoms with Crippen LogP contribution in [0, 0.1) is 20.8 Å². The maximum absolute atomic E-state index is 4.70. The molecule has 1 N–H and O–H groups in total. The Balaban J connectivity index is 2.33. The van der Waals surface area contributed by atoms with E-state index in [9.17, 15) is 0 Å². The molecule has 0 aliphatic rings. The number of aromatic nitrogens is 1. The number of nitrogens with one attached hydrogen (secondary N) is 1. The lowest BCUT2D eigenvalue weighted by Gasteiger charge is -2.03. The standard InChI is InChI=1S/C15H20N2S/c1-5-16-9-14-12(4)17-15(18-14)13-7-6-10(2)8-11(13)3/h6-8,16H,5,9H2,1-4H3. The van der Waals surface area contributed by atoms with Crippen LogP contribution in [0.5, 0.6) is 0 Å². The number of rotatable bonds is 4. The Hall–Kier alpha value is -1.19. The van der Waals surface area contributed by atoms with Crippen LogP contribution < -0.4 is 5.32 Å². The molecule has 1 aromatic carbocycles. The second kappa shape index (κ2) is 5.63. The lowest BCUT2D eigenvalue weighted by Crippen LogP contribution is -2.11. The van der Waals surface area contributed by atoms with Crippen LogP contribution >= 0.6 is 11.3 Å². The molecule has 0 fully saturated rings. The third-order valence-corrected chi connectivity index (χ3v) is 4.23. The summed E-state index contributed by atoms with van der Waals surface area (Å²) in [5.74, 6) is 0. The molecule has 2 aromatic rings. The monoisotopic (exact) mass is 260 g/mol. The third-order valence-electron chi connectivity index (χ3n) is 3.04. The topological polar surface area (TPSA) is 24.9 Å². The maximum Gasteiger partial charge on any atom is 0.124 e. The van der Waals surface area contributed by atoms with Gasteiger partial charge in [-0.1, -0.05) is 30.7 Å². The Morgan fingerprint density at radius 1 is 1.22 bits per heavy atom.